The van der Waals surface area contributed by atoms with Gasteiger partial charge in [-0.3, -0.25) is 0 Å². The van der Waals surface area contributed by atoms with Crippen LogP contribution >= 0.6 is 11.6 Å². The minimum absolute atomic E-state index is 0.113. The first kappa shape index (κ1) is 16.3. The van der Waals surface area contributed by atoms with Crippen molar-refractivity contribution in [3.8, 4) is 0 Å². The molecule has 0 unspecified atom stereocenters. The second-order valence-electron chi connectivity index (χ2n) is 7.01. The van der Waals surface area contributed by atoms with E-state index in [4.69, 9.17) is 30.8 Å². The molecule has 3 fully saturated rings. The van der Waals surface area contributed by atoms with Crippen molar-refractivity contribution in [1.29, 1.82) is 0 Å². The first-order valence-corrected chi connectivity index (χ1v) is 8.63. The summed E-state index contributed by atoms with van der Waals surface area (Å²) in [6, 6.07) is 0.225. The fourth-order valence-electron chi connectivity index (χ4n) is 3.52. The maximum absolute atomic E-state index is 6.23. The molecule has 8 nitrogen and oxygen atoms in total. The molecular formula is C15H22ClN5O3. The molecule has 1 aromatic rings. The molecule has 4 heterocycles. The highest BCUT2D eigenvalue weighted by Gasteiger charge is 2.39. The minimum Gasteiger partial charge on any atom is -0.377 e. The largest absolute Gasteiger partial charge is 0.377 e. The van der Waals surface area contributed by atoms with E-state index >= 15 is 0 Å². The van der Waals surface area contributed by atoms with Crippen LogP contribution in [-0.4, -0.2) is 78.8 Å². The fraction of sp³-hybridized carbons (Fsp3) is 0.800. The SMILES string of the molecule is CC1(C)COCCN1c1nc(Cl)nc(N2C3COCC2COC3)n1. The quantitative estimate of drug-likeness (QED) is 0.769. The predicted molar refractivity (Wildman–Crippen MR) is 88.8 cm³/mol. The lowest BCUT2D eigenvalue weighted by Gasteiger charge is -2.46. The smallest absolute Gasteiger partial charge is 0.232 e. The third-order valence-corrected chi connectivity index (χ3v) is 4.90. The molecule has 0 radical (unpaired) electrons. The molecule has 1 aromatic heterocycles. The Hall–Kier alpha value is -1.22. The third kappa shape index (κ3) is 2.92. The van der Waals surface area contributed by atoms with Crippen molar-refractivity contribution in [2.24, 2.45) is 0 Å². The van der Waals surface area contributed by atoms with Gasteiger partial charge in [-0.05, 0) is 25.4 Å². The molecule has 0 aromatic carbocycles. The van der Waals surface area contributed by atoms with E-state index in [-0.39, 0.29) is 22.9 Å². The van der Waals surface area contributed by atoms with Crippen molar-refractivity contribution in [2.75, 3.05) is 56.0 Å². The predicted octanol–water partition coefficient (Wildman–Crippen LogP) is 0.744. The molecule has 0 N–H and O–H groups in total. The van der Waals surface area contributed by atoms with Gasteiger partial charge >= 0.3 is 0 Å². The van der Waals surface area contributed by atoms with E-state index in [1.807, 2.05) is 0 Å². The molecule has 9 heteroatoms. The molecule has 0 spiro atoms. The van der Waals surface area contributed by atoms with Gasteiger partial charge in [-0.25, -0.2) is 0 Å². The lowest BCUT2D eigenvalue weighted by Crippen LogP contribution is -2.60. The molecule has 2 bridgehead atoms. The molecular weight excluding hydrogens is 334 g/mol. The minimum atomic E-state index is -0.190. The fourth-order valence-corrected chi connectivity index (χ4v) is 3.67. The zero-order chi connectivity index (χ0) is 16.7. The van der Waals surface area contributed by atoms with Crippen LogP contribution < -0.4 is 9.80 Å². The standard InChI is InChI=1S/C15H22ClN5O3/c1-15(2)9-22-4-3-20(15)13-17-12(16)18-14(19-13)21-10-5-23-7-11(21)8-24-6-10/h10-11H,3-9H2,1-2H3. The van der Waals surface area contributed by atoms with Crippen LogP contribution in [0.25, 0.3) is 0 Å². The highest BCUT2D eigenvalue weighted by molar-refractivity contribution is 6.28. The Morgan fingerprint density at radius 2 is 1.58 bits per heavy atom. The van der Waals surface area contributed by atoms with Gasteiger partial charge in [-0.2, -0.15) is 15.0 Å². The van der Waals surface area contributed by atoms with Gasteiger partial charge in [-0.1, -0.05) is 0 Å². The zero-order valence-electron chi connectivity index (χ0n) is 13.9. The lowest BCUT2D eigenvalue weighted by molar-refractivity contribution is -0.0355. The average molecular weight is 356 g/mol. The van der Waals surface area contributed by atoms with Crippen molar-refractivity contribution in [3.63, 3.8) is 0 Å². The Labute approximate surface area is 146 Å². The first-order chi connectivity index (χ1) is 11.5. The number of nitrogens with zero attached hydrogens (tertiary/aromatic N) is 5. The van der Waals surface area contributed by atoms with Crippen LogP contribution in [0.5, 0.6) is 0 Å². The van der Waals surface area contributed by atoms with Crippen molar-refractivity contribution in [2.45, 2.75) is 31.5 Å². The number of ether oxygens (including phenoxy) is 3. The molecule has 24 heavy (non-hydrogen) atoms. The number of hydrogen-bond donors (Lipinski definition) is 0. The van der Waals surface area contributed by atoms with Crippen LogP contribution in [0.3, 0.4) is 0 Å². The number of halogens is 1. The van der Waals surface area contributed by atoms with Gasteiger partial charge in [0, 0.05) is 6.54 Å². The Bertz CT molecular complexity index is 595. The number of morpholine rings is 3. The number of hydrogen-bond acceptors (Lipinski definition) is 8. The van der Waals surface area contributed by atoms with Gasteiger partial charge in [-0.15, -0.1) is 0 Å². The maximum Gasteiger partial charge on any atom is 0.232 e. The van der Waals surface area contributed by atoms with E-state index in [9.17, 15) is 0 Å². The Balaban J connectivity index is 1.69. The molecule has 132 valence electrons. The molecule has 0 atom stereocenters. The Kier molecular flexibility index (Phi) is 4.24. The second kappa shape index (κ2) is 6.25. The van der Waals surface area contributed by atoms with E-state index in [0.717, 1.165) is 6.54 Å². The molecule has 3 aliphatic heterocycles. The molecule has 3 aliphatic rings. The number of rotatable bonds is 2. The molecule has 0 amide bonds. The summed E-state index contributed by atoms with van der Waals surface area (Å²) >= 11 is 6.23. The summed E-state index contributed by atoms with van der Waals surface area (Å²) in [7, 11) is 0. The first-order valence-electron chi connectivity index (χ1n) is 8.25. The monoisotopic (exact) mass is 355 g/mol. The van der Waals surface area contributed by atoms with Gasteiger partial charge in [0.2, 0.25) is 17.2 Å². The van der Waals surface area contributed by atoms with Crippen LogP contribution in [0.1, 0.15) is 13.8 Å². The Morgan fingerprint density at radius 1 is 0.958 bits per heavy atom. The van der Waals surface area contributed by atoms with Gasteiger partial charge in [0.15, 0.2) is 0 Å². The maximum atomic E-state index is 6.23. The summed E-state index contributed by atoms with van der Waals surface area (Å²) in [6.45, 7) is 8.67. The van der Waals surface area contributed by atoms with Gasteiger partial charge in [0.1, 0.15) is 0 Å². The van der Waals surface area contributed by atoms with Crippen LogP contribution in [0.4, 0.5) is 11.9 Å². The highest BCUT2D eigenvalue weighted by Crippen LogP contribution is 2.29. The third-order valence-electron chi connectivity index (χ3n) is 4.73. The topological polar surface area (TPSA) is 72.8 Å². The summed E-state index contributed by atoms with van der Waals surface area (Å²) in [6.07, 6.45) is 0. The van der Waals surface area contributed by atoms with Crippen LogP contribution in [0, 0.1) is 0 Å². The molecule has 3 saturated heterocycles. The highest BCUT2D eigenvalue weighted by atomic mass is 35.5. The van der Waals surface area contributed by atoms with E-state index in [0.29, 0.717) is 51.5 Å². The lowest BCUT2D eigenvalue weighted by atomic mass is 10.0. The zero-order valence-corrected chi connectivity index (χ0v) is 14.7. The van der Waals surface area contributed by atoms with E-state index in [2.05, 4.69) is 33.6 Å². The number of anilines is 2. The Morgan fingerprint density at radius 3 is 2.21 bits per heavy atom. The average Bonchev–Trinajstić information content (AvgIpc) is 2.53. The van der Waals surface area contributed by atoms with Crippen LogP contribution in [0.15, 0.2) is 0 Å². The van der Waals surface area contributed by atoms with E-state index < -0.39 is 0 Å². The van der Waals surface area contributed by atoms with Gasteiger partial charge < -0.3 is 24.0 Å². The van der Waals surface area contributed by atoms with Crippen molar-refractivity contribution < 1.29 is 14.2 Å². The van der Waals surface area contributed by atoms with E-state index in [1.165, 1.54) is 0 Å². The summed E-state index contributed by atoms with van der Waals surface area (Å²) in [4.78, 5) is 17.8. The van der Waals surface area contributed by atoms with Crippen molar-refractivity contribution >= 4 is 23.5 Å². The number of aromatic nitrogens is 3. The summed E-state index contributed by atoms with van der Waals surface area (Å²) in [5.41, 5.74) is -0.190. The summed E-state index contributed by atoms with van der Waals surface area (Å²) in [5, 5.41) is 0.211. The van der Waals surface area contributed by atoms with E-state index in [1.54, 1.807) is 0 Å². The van der Waals surface area contributed by atoms with Crippen LogP contribution in [-0.2, 0) is 14.2 Å². The van der Waals surface area contributed by atoms with Crippen LogP contribution in [0.2, 0.25) is 5.28 Å². The normalized spacial score (nSPS) is 29.6. The second-order valence-corrected chi connectivity index (χ2v) is 7.35. The molecule has 4 rings (SSSR count). The molecule has 0 saturated carbocycles. The number of fused-ring (bicyclic) bond motifs is 2. The summed E-state index contributed by atoms with van der Waals surface area (Å²) in [5.74, 6) is 1.21. The van der Waals surface area contributed by atoms with Crippen molar-refractivity contribution in [1.82, 2.24) is 15.0 Å². The van der Waals surface area contributed by atoms with Crippen molar-refractivity contribution in [3.05, 3.63) is 5.28 Å². The summed E-state index contributed by atoms with van der Waals surface area (Å²) < 4.78 is 16.9. The van der Waals surface area contributed by atoms with Gasteiger partial charge in [0.25, 0.3) is 0 Å². The van der Waals surface area contributed by atoms with Gasteiger partial charge in [0.05, 0.1) is 57.3 Å². The molecule has 0 aliphatic carbocycles.